The molecular formula is C13H17NO5. The van der Waals surface area contributed by atoms with Gasteiger partial charge >= 0.3 is 11.9 Å². The minimum absolute atomic E-state index is 0.0146. The highest BCUT2D eigenvalue weighted by atomic mass is 16.6. The second-order valence-corrected chi connectivity index (χ2v) is 4.24. The molecule has 1 aliphatic rings. The number of nitriles is 1. The van der Waals surface area contributed by atoms with Crippen LogP contribution in [0.15, 0.2) is 12.3 Å². The first kappa shape index (κ1) is 15.0. The zero-order valence-electron chi connectivity index (χ0n) is 11.0. The summed E-state index contributed by atoms with van der Waals surface area (Å²) >= 11 is 0. The van der Waals surface area contributed by atoms with Crippen molar-refractivity contribution >= 4 is 11.9 Å². The summed E-state index contributed by atoms with van der Waals surface area (Å²) < 4.78 is 15.5. The Bertz CT molecular complexity index is 398. The zero-order valence-corrected chi connectivity index (χ0v) is 11.0. The van der Waals surface area contributed by atoms with Crippen molar-refractivity contribution < 1.29 is 23.8 Å². The lowest BCUT2D eigenvalue weighted by Gasteiger charge is -2.33. The van der Waals surface area contributed by atoms with E-state index in [2.05, 4.69) is 6.07 Å². The molecule has 0 radical (unpaired) electrons. The summed E-state index contributed by atoms with van der Waals surface area (Å²) in [5.41, 5.74) is 0. The monoisotopic (exact) mass is 267 g/mol. The maximum Gasteiger partial charge on any atom is 0.303 e. The summed E-state index contributed by atoms with van der Waals surface area (Å²) in [6, 6.07) is 2.05. The van der Waals surface area contributed by atoms with E-state index in [0.717, 1.165) is 0 Å². The van der Waals surface area contributed by atoms with E-state index < -0.39 is 24.1 Å². The highest BCUT2D eigenvalue weighted by Crippen LogP contribution is 2.26. The Labute approximate surface area is 111 Å². The van der Waals surface area contributed by atoms with Crippen LogP contribution >= 0.6 is 0 Å². The molecule has 0 aromatic heterocycles. The van der Waals surface area contributed by atoms with Crippen LogP contribution in [0, 0.1) is 17.2 Å². The second-order valence-electron chi connectivity index (χ2n) is 4.24. The maximum absolute atomic E-state index is 11.1. The van der Waals surface area contributed by atoms with Crippen LogP contribution in [-0.2, 0) is 23.8 Å². The average Bonchev–Trinajstić information content (AvgIpc) is 2.35. The molecular weight excluding hydrogens is 250 g/mol. The zero-order chi connectivity index (χ0) is 14.3. The highest BCUT2D eigenvalue weighted by molar-refractivity contribution is 5.66. The minimum atomic E-state index is -0.546. The predicted molar refractivity (Wildman–Crippen MR) is 64.5 cm³/mol. The van der Waals surface area contributed by atoms with Gasteiger partial charge in [-0.3, -0.25) is 9.59 Å². The summed E-state index contributed by atoms with van der Waals surface area (Å²) in [4.78, 5) is 22.0. The molecule has 0 amide bonds. The molecule has 0 aliphatic carbocycles. The average molecular weight is 267 g/mol. The number of hydrogen-bond donors (Lipinski definition) is 0. The molecule has 0 saturated carbocycles. The van der Waals surface area contributed by atoms with Crippen molar-refractivity contribution in [1.29, 1.82) is 5.26 Å². The third-order valence-corrected chi connectivity index (χ3v) is 2.71. The summed E-state index contributed by atoms with van der Waals surface area (Å²) in [5.74, 6) is -0.968. The molecule has 1 rings (SSSR count). The van der Waals surface area contributed by atoms with Gasteiger partial charge in [-0.25, -0.2) is 0 Å². The lowest BCUT2D eigenvalue weighted by atomic mass is 9.91. The molecule has 0 N–H and O–H groups in total. The normalized spacial score (nSPS) is 25.0. The molecule has 0 spiro atoms. The summed E-state index contributed by atoms with van der Waals surface area (Å²) in [5, 5.41) is 8.62. The predicted octanol–water partition coefficient (Wildman–Crippen LogP) is 1.31. The SMILES string of the molecule is CC(=O)OC[C@H]1OC=C[C@@H](CCC#N)[C@@H]1OC(C)=O. The van der Waals surface area contributed by atoms with Gasteiger partial charge in [0.25, 0.3) is 0 Å². The molecule has 0 bridgehead atoms. The molecule has 6 heteroatoms. The van der Waals surface area contributed by atoms with E-state index in [-0.39, 0.29) is 12.5 Å². The number of carbonyl (C=O) groups is 2. The minimum Gasteiger partial charge on any atom is -0.491 e. The molecule has 0 saturated heterocycles. The van der Waals surface area contributed by atoms with Gasteiger partial charge in [-0.1, -0.05) is 0 Å². The van der Waals surface area contributed by atoms with Gasteiger partial charge in [0, 0.05) is 26.2 Å². The molecule has 1 aliphatic heterocycles. The van der Waals surface area contributed by atoms with Gasteiger partial charge < -0.3 is 14.2 Å². The van der Waals surface area contributed by atoms with E-state index in [1.807, 2.05) is 0 Å². The van der Waals surface area contributed by atoms with Crippen molar-refractivity contribution in [2.24, 2.45) is 5.92 Å². The smallest absolute Gasteiger partial charge is 0.303 e. The van der Waals surface area contributed by atoms with Crippen molar-refractivity contribution in [3.05, 3.63) is 12.3 Å². The van der Waals surface area contributed by atoms with Crippen LogP contribution < -0.4 is 0 Å². The highest BCUT2D eigenvalue weighted by Gasteiger charge is 2.35. The van der Waals surface area contributed by atoms with Crippen molar-refractivity contribution in [2.75, 3.05) is 6.61 Å². The topological polar surface area (TPSA) is 85.6 Å². The van der Waals surface area contributed by atoms with Crippen molar-refractivity contribution in [1.82, 2.24) is 0 Å². The summed E-state index contributed by atoms with van der Waals surface area (Å²) in [6.45, 7) is 2.62. The number of carbonyl (C=O) groups excluding carboxylic acids is 2. The molecule has 19 heavy (non-hydrogen) atoms. The van der Waals surface area contributed by atoms with Crippen molar-refractivity contribution in [3.8, 4) is 6.07 Å². The summed E-state index contributed by atoms with van der Waals surface area (Å²) in [6.07, 6.45) is 3.08. The van der Waals surface area contributed by atoms with Gasteiger partial charge in [0.15, 0.2) is 6.10 Å². The van der Waals surface area contributed by atoms with Gasteiger partial charge in [-0.2, -0.15) is 5.26 Å². The van der Waals surface area contributed by atoms with Crippen molar-refractivity contribution in [3.63, 3.8) is 0 Å². The Morgan fingerprint density at radius 2 is 2.11 bits per heavy atom. The van der Waals surface area contributed by atoms with Crippen LogP contribution in [0.25, 0.3) is 0 Å². The first-order valence-corrected chi connectivity index (χ1v) is 6.04. The second kappa shape index (κ2) is 7.41. The molecule has 0 aromatic rings. The molecule has 1 heterocycles. The van der Waals surface area contributed by atoms with Crippen LogP contribution in [0.3, 0.4) is 0 Å². The molecule has 0 unspecified atom stereocenters. The van der Waals surface area contributed by atoms with Gasteiger partial charge in [0.05, 0.1) is 12.3 Å². The van der Waals surface area contributed by atoms with Gasteiger partial charge in [-0.15, -0.1) is 0 Å². The number of esters is 2. The van der Waals surface area contributed by atoms with E-state index in [0.29, 0.717) is 12.8 Å². The summed E-state index contributed by atoms with van der Waals surface area (Å²) in [7, 11) is 0. The van der Waals surface area contributed by atoms with E-state index in [1.165, 1.54) is 20.1 Å². The molecule has 0 aromatic carbocycles. The fraction of sp³-hybridized carbons (Fsp3) is 0.615. The van der Waals surface area contributed by atoms with Crippen LogP contribution in [0.1, 0.15) is 26.7 Å². The van der Waals surface area contributed by atoms with Gasteiger partial charge in [0.2, 0.25) is 0 Å². The lowest BCUT2D eigenvalue weighted by Crippen LogP contribution is -2.43. The van der Waals surface area contributed by atoms with Gasteiger partial charge in [-0.05, 0) is 12.5 Å². The number of ether oxygens (including phenoxy) is 3. The first-order valence-electron chi connectivity index (χ1n) is 6.04. The number of nitrogens with zero attached hydrogens (tertiary/aromatic N) is 1. The largest absolute Gasteiger partial charge is 0.491 e. The standard InChI is InChI=1S/C13H17NO5/c1-9(15)18-8-12-13(19-10(2)16)11(4-3-6-14)5-7-17-12/h5,7,11-13H,3-4,8H2,1-2H3/t11-,12-,13+/m1/s1. The molecule has 6 nitrogen and oxygen atoms in total. The van der Waals surface area contributed by atoms with Crippen LogP contribution in [0.5, 0.6) is 0 Å². The van der Waals surface area contributed by atoms with E-state index in [1.54, 1.807) is 6.08 Å². The Kier molecular flexibility index (Phi) is 5.86. The lowest BCUT2D eigenvalue weighted by molar-refractivity contribution is -0.164. The van der Waals surface area contributed by atoms with E-state index in [4.69, 9.17) is 19.5 Å². The fourth-order valence-electron chi connectivity index (χ4n) is 1.89. The van der Waals surface area contributed by atoms with Crippen LogP contribution in [0.4, 0.5) is 0 Å². The quantitative estimate of drug-likeness (QED) is 0.698. The first-order chi connectivity index (χ1) is 9.04. The van der Waals surface area contributed by atoms with Crippen molar-refractivity contribution in [2.45, 2.75) is 38.9 Å². The van der Waals surface area contributed by atoms with Crippen LogP contribution in [-0.4, -0.2) is 30.8 Å². The third-order valence-electron chi connectivity index (χ3n) is 2.71. The molecule has 0 fully saturated rings. The Hall–Kier alpha value is -2.03. The van der Waals surface area contributed by atoms with E-state index in [9.17, 15) is 9.59 Å². The molecule has 3 atom stereocenters. The third kappa shape index (κ3) is 5.00. The van der Waals surface area contributed by atoms with E-state index >= 15 is 0 Å². The van der Waals surface area contributed by atoms with Gasteiger partial charge in [0.1, 0.15) is 12.7 Å². The molecule has 104 valence electrons. The van der Waals surface area contributed by atoms with Crippen LogP contribution in [0.2, 0.25) is 0 Å². The Morgan fingerprint density at radius 3 is 2.68 bits per heavy atom. The number of rotatable bonds is 5. The Morgan fingerprint density at radius 1 is 1.37 bits per heavy atom. The Balaban J connectivity index is 2.72. The maximum atomic E-state index is 11.1. The fourth-order valence-corrected chi connectivity index (χ4v) is 1.89. The number of hydrogen-bond acceptors (Lipinski definition) is 6.